The second-order valence-corrected chi connectivity index (χ2v) is 6.93. The maximum Gasteiger partial charge on any atom is -0.0219 e. The van der Waals surface area contributed by atoms with Gasteiger partial charge in [-0.15, -0.1) is 0 Å². The minimum absolute atomic E-state index is 0. The molecule has 2 rings (SSSR count). The topological polar surface area (TPSA) is 0 Å². The van der Waals surface area contributed by atoms with Gasteiger partial charge in [-0.2, -0.15) is 0 Å². The normalized spacial score (nSPS) is 12.4. The lowest BCUT2D eigenvalue weighted by molar-refractivity contribution is 0.791. The van der Waals surface area contributed by atoms with Gasteiger partial charge in [-0.05, 0) is 23.0 Å². The first-order chi connectivity index (χ1) is 14.4. The zero-order valence-electron chi connectivity index (χ0n) is 22.5. The molecular formula is C31H58. The molecule has 1 aromatic rings. The molecule has 0 N–H and O–H groups in total. The largest absolute Gasteiger partial charge is 0.0776 e. The molecule has 0 nitrogen and oxygen atoms in total. The summed E-state index contributed by atoms with van der Waals surface area (Å²) in [4.78, 5) is 0. The molecular weight excluding hydrogens is 372 g/mol. The van der Waals surface area contributed by atoms with E-state index in [0.717, 1.165) is 0 Å². The maximum atomic E-state index is 2.20. The lowest BCUT2D eigenvalue weighted by Gasteiger charge is -2.04. The highest BCUT2D eigenvalue weighted by Gasteiger charge is 1.96. The Morgan fingerprint density at radius 1 is 0.581 bits per heavy atom. The van der Waals surface area contributed by atoms with Crippen LogP contribution in [-0.2, 0) is 0 Å². The summed E-state index contributed by atoms with van der Waals surface area (Å²) in [5.41, 5.74) is 2.79. The molecule has 1 aliphatic carbocycles. The molecule has 0 saturated heterocycles. The van der Waals surface area contributed by atoms with Gasteiger partial charge < -0.3 is 0 Å². The smallest absolute Gasteiger partial charge is 0.0219 e. The zero-order chi connectivity index (χ0) is 24.2. The van der Waals surface area contributed by atoms with E-state index in [0.29, 0.717) is 11.8 Å². The lowest BCUT2D eigenvalue weighted by Crippen LogP contribution is -1.89. The van der Waals surface area contributed by atoms with E-state index in [1.54, 1.807) is 0 Å². The van der Waals surface area contributed by atoms with Crippen molar-refractivity contribution in [2.75, 3.05) is 0 Å². The molecule has 0 aromatic heterocycles. The molecule has 0 heterocycles. The Hall–Kier alpha value is -1.82. The minimum Gasteiger partial charge on any atom is -0.0776 e. The van der Waals surface area contributed by atoms with Crippen LogP contribution in [0.2, 0.25) is 0 Å². The lowest BCUT2D eigenvalue weighted by atomic mass is 10.0. The van der Waals surface area contributed by atoms with Crippen LogP contribution in [-0.4, -0.2) is 0 Å². The van der Waals surface area contributed by atoms with Crippen molar-refractivity contribution in [2.45, 2.75) is 109 Å². The van der Waals surface area contributed by atoms with Crippen LogP contribution in [0.15, 0.2) is 78.4 Å². The third-order valence-corrected chi connectivity index (χ3v) is 3.15. The molecule has 1 aliphatic rings. The summed E-state index contributed by atoms with van der Waals surface area (Å²) < 4.78 is 0. The number of allylic oxidation sites excluding steroid dienone is 8. The molecule has 0 unspecified atom stereocenters. The zero-order valence-corrected chi connectivity index (χ0v) is 22.5. The second-order valence-electron chi connectivity index (χ2n) is 6.93. The molecule has 1 aromatic carbocycles. The van der Waals surface area contributed by atoms with Gasteiger partial charge in [0.1, 0.15) is 0 Å². The predicted octanol–water partition coefficient (Wildman–Crippen LogP) is 11.6. The first kappa shape index (κ1) is 39.6. The SMILES string of the molecule is C.CC.CC.CC(C)C1=C/C=C\C=C/C=C1.CC(C)c1ccccc1.CCC.CCC. The fourth-order valence-corrected chi connectivity index (χ4v) is 1.80. The number of hydrogen-bond acceptors (Lipinski definition) is 0. The van der Waals surface area contributed by atoms with E-state index in [-0.39, 0.29) is 7.43 Å². The number of rotatable bonds is 2. The third kappa shape index (κ3) is 33.0. The third-order valence-electron chi connectivity index (χ3n) is 3.15. The van der Waals surface area contributed by atoms with E-state index in [2.05, 4.69) is 104 Å². The van der Waals surface area contributed by atoms with Crippen molar-refractivity contribution >= 4 is 0 Å². The highest BCUT2D eigenvalue weighted by molar-refractivity contribution is 5.31. The van der Waals surface area contributed by atoms with E-state index < -0.39 is 0 Å². The maximum absolute atomic E-state index is 2.20. The fraction of sp³-hybridized carbons (Fsp3) is 0.548. The van der Waals surface area contributed by atoms with Gasteiger partial charge >= 0.3 is 0 Å². The summed E-state index contributed by atoms with van der Waals surface area (Å²) in [6, 6.07) is 10.5. The van der Waals surface area contributed by atoms with Gasteiger partial charge in [-0.1, -0.05) is 176 Å². The Morgan fingerprint density at radius 3 is 1.32 bits per heavy atom. The standard InChI is InChI=1S/C11H14.C9H12.2C3H8.2C2H6.CH4/c1-10(2)11-8-6-4-3-5-7-9-11;1-8(2)9-6-4-3-5-7-9;2*1-3-2;2*1-2;/h3-10H,1-2H3;3-8H,1-2H3;2*3H2,1-2H3;2*1-2H3;1H4/b4-3-,5-3?,6-4?,7-5-,8-6?,9-7?,11-8?,11-9?;;;;;;. The van der Waals surface area contributed by atoms with Crippen LogP contribution >= 0.6 is 0 Å². The van der Waals surface area contributed by atoms with E-state index >= 15 is 0 Å². The van der Waals surface area contributed by atoms with Gasteiger partial charge in [0, 0.05) is 0 Å². The van der Waals surface area contributed by atoms with Crippen molar-refractivity contribution in [1.29, 1.82) is 0 Å². The van der Waals surface area contributed by atoms with E-state index in [1.165, 1.54) is 24.0 Å². The average molecular weight is 431 g/mol. The molecule has 0 heteroatoms. The van der Waals surface area contributed by atoms with Gasteiger partial charge in [0.05, 0.1) is 0 Å². The van der Waals surface area contributed by atoms with E-state index in [4.69, 9.17) is 0 Å². The summed E-state index contributed by atoms with van der Waals surface area (Å²) in [5.74, 6) is 1.27. The second kappa shape index (κ2) is 35.6. The quantitative estimate of drug-likeness (QED) is 0.437. The fourth-order valence-electron chi connectivity index (χ4n) is 1.80. The van der Waals surface area contributed by atoms with Gasteiger partial charge in [-0.25, -0.2) is 0 Å². The first-order valence-electron chi connectivity index (χ1n) is 12.2. The van der Waals surface area contributed by atoms with E-state index in [1.807, 2.05) is 52.0 Å². The summed E-state index contributed by atoms with van der Waals surface area (Å²) >= 11 is 0. The molecule has 0 aliphatic heterocycles. The molecule has 0 fully saturated rings. The van der Waals surface area contributed by atoms with Crippen LogP contribution in [0, 0.1) is 5.92 Å². The molecule has 0 radical (unpaired) electrons. The van der Waals surface area contributed by atoms with Crippen LogP contribution in [0.4, 0.5) is 0 Å². The summed E-state index contributed by atoms with van der Waals surface area (Å²) in [6.45, 7) is 25.3. The van der Waals surface area contributed by atoms with Gasteiger partial charge in [0.2, 0.25) is 0 Å². The van der Waals surface area contributed by atoms with Crippen molar-refractivity contribution in [3.05, 3.63) is 84.0 Å². The monoisotopic (exact) mass is 430 g/mol. The van der Waals surface area contributed by atoms with Crippen molar-refractivity contribution in [2.24, 2.45) is 5.92 Å². The van der Waals surface area contributed by atoms with Crippen molar-refractivity contribution < 1.29 is 0 Å². The van der Waals surface area contributed by atoms with Crippen LogP contribution in [0.1, 0.15) is 115 Å². The number of hydrogen-bond donors (Lipinski definition) is 0. The number of benzene rings is 1. The van der Waals surface area contributed by atoms with Crippen molar-refractivity contribution in [3.63, 3.8) is 0 Å². The van der Waals surface area contributed by atoms with Gasteiger partial charge in [0.25, 0.3) is 0 Å². The summed E-state index contributed by atoms with van der Waals surface area (Å²) in [6.07, 6.45) is 17.1. The van der Waals surface area contributed by atoms with Crippen LogP contribution in [0.5, 0.6) is 0 Å². The van der Waals surface area contributed by atoms with Crippen LogP contribution < -0.4 is 0 Å². The Labute approximate surface area is 199 Å². The minimum atomic E-state index is 0. The average Bonchev–Trinajstić information content (AvgIpc) is 2.73. The van der Waals surface area contributed by atoms with Gasteiger partial charge in [0.15, 0.2) is 0 Å². The molecule has 31 heavy (non-hydrogen) atoms. The Morgan fingerprint density at radius 2 is 0.968 bits per heavy atom. The highest BCUT2D eigenvalue weighted by atomic mass is 14.0. The molecule has 0 saturated carbocycles. The van der Waals surface area contributed by atoms with Gasteiger partial charge in [-0.3, -0.25) is 0 Å². The first-order valence-corrected chi connectivity index (χ1v) is 12.2. The van der Waals surface area contributed by atoms with Crippen molar-refractivity contribution in [3.8, 4) is 0 Å². The van der Waals surface area contributed by atoms with E-state index in [9.17, 15) is 0 Å². The highest BCUT2D eigenvalue weighted by Crippen LogP contribution is 2.12. The summed E-state index contributed by atoms with van der Waals surface area (Å²) in [5, 5.41) is 0. The Bertz CT molecular complexity index is 508. The molecule has 182 valence electrons. The Kier molecular flexibility index (Phi) is 45.5. The van der Waals surface area contributed by atoms with Crippen molar-refractivity contribution in [1.82, 2.24) is 0 Å². The predicted molar refractivity (Wildman–Crippen MR) is 152 cm³/mol. The molecule has 0 spiro atoms. The van der Waals surface area contributed by atoms with Crippen LogP contribution in [0.25, 0.3) is 0 Å². The Balaban J connectivity index is -0.000000101. The molecule has 0 amide bonds. The summed E-state index contributed by atoms with van der Waals surface area (Å²) in [7, 11) is 0. The van der Waals surface area contributed by atoms with Crippen LogP contribution in [0.3, 0.4) is 0 Å². The molecule has 0 bridgehead atoms. The molecule has 0 atom stereocenters.